The minimum Gasteiger partial charge on any atom is -0.497 e. The summed E-state index contributed by atoms with van der Waals surface area (Å²) in [6, 6.07) is 11.7. The first-order valence-electron chi connectivity index (χ1n) is 6.15. The maximum Gasteiger partial charge on any atom is 0.118 e. The number of methoxy groups -OCH3 is 1. The number of pyridine rings is 1. The Morgan fingerprint density at radius 1 is 1.05 bits per heavy atom. The van der Waals surface area contributed by atoms with E-state index < -0.39 is 0 Å². The van der Waals surface area contributed by atoms with Crippen LogP contribution < -0.4 is 4.74 Å². The van der Waals surface area contributed by atoms with Crippen LogP contribution in [0.25, 0.3) is 22.5 Å². The van der Waals surface area contributed by atoms with Crippen molar-refractivity contribution in [3.8, 4) is 28.3 Å². The van der Waals surface area contributed by atoms with E-state index in [4.69, 9.17) is 17.0 Å². The summed E-state index contributed by atoms with van der Waals surface area (Å²) >= 11 is 5.16. The second-order valence-corrected chi connectivity index (χ2v) is 4.74. The van der Waals surface area contributed by atoms with Gasteiger partial charge < -0.3 is 14.7 Å². The molecule has 0 aliphatic carbocycles. The van der Waals surface area contributed by atoms with Gasteiger partial charge in [-0.2, -0.15) is 0 Å². The summed E-state index contributed by atoms with van der Waals surface area (Å²) in [5.41, 5.74) is 3.89. The van der Waals surface area contributed by atoms with Crippen molar-refractivity contribution in [3.05, 3.63) is 53.6 Å². The Morgan fingerprint density at radius 3 is 2.55 bits per heavy atom. The summed E-state index contributed by atoms with van der Waals surface area (Å²) in [4.78, 5) is 10.5. The minimum absolute atomic E-state index is 0.686. The number of imidazole rings is 1. The Labute approximate surface area is 121 Å². The molecule has 20 heavy (non-hydrogen) atoms. The molecule has 0 spiro atoms. The average molecular weight is 283 g/mol. The molecule has 5 heteroatoms. The van der Waals surface area contributed by atoms with Crippen LogP contribution in [0, 0.1) is 4.64 Å². The van der Waals surface area contributed by atoms with E-state index in [-0.39, 0.29) is 0 Å². The van der Waals surface area contributed by atoms with Crippen LogP contribution in [-0.4, -0.2) is 22.1 Å². The third-order valence-electron chi connectivity index (χ3n) is 3.07. The van der Waals surface area contributed by atoms with Gasteiger partial charge in [0.15, 0.2) is 0 Å². The van der Waals surface area contributed by atoms with E-state index in [0.717, 1.165) is 28.3 Å². The fraction of sp³-hybridized carbons (Fsp3) is 0.0667. The molecule has 0 amide bonds. The molecule has 100 valence electrons. The highest BCUT2D eigenvalue weighted by atomic mass is 32.1. The van der Waals surface area contributed by atoms with Crippen molar-refractivity contribution in [1.29, 1.82) is 0 Å². The third kappa shape index (κ3) is 2.35. The molecule has 0 bridgehead atoms. The second-order valence-electron chi connectivity index (χ2n) is 4.30. The zero-order chi connectivity index (χ0) is 13.9. The van der Waals surface area contributed by atoms with Gasteiger partial charge in [0.1, 0.15) is 10.4 Å². The topological polar surface area (TPSA) is 53.7 Å². The highest BCUT2D eigenvalue weighted by Crippen LogP contribution is 2.29. The lowest BCUT2D eigenvalue weighted by atomic mass is 10.1. The Bertz CT molecular complexity index is 774. The van der Waals surface area contributed by atoms with Crippen LogP contribution in [-0.2, 0) is 0 Å². The Hall–Kier alpha value is -2.40. The average Bonchev–Trinajstić information content (AvgIpc) is 2.97. The van der Waals surface area contributed by atoms with Crippen LogP contribution in [0.3, 0.4) is 0 Å². The smallest absolute Gasteiger partial charge is 0.118 e. The molecule has 3 aromatic rings. The second kappa shape index (κ2) is 5.30. The summed E-state index contributed by atoms with van der Waals surface area (Å²) in [7, 11) is 1.65. The molecule has 0 aliphatic heterocycles. The number of aromatic amines is 2. The van der Waals surface area contributed by atoms with E-state index in [1.54, 1.807) is 13.4 Å². The molecule has 2 aromatic heterocycles. The number of benzene rings is 1. The highest BCUT2D eigenvalue weighted by molar-refractivity contribution is 7.71. The maximum absolute atomic E-state index is 5.17. The summed E-state index contributed by atoms with van der Waals surface area (Å²) in [6.07, 6.45) is 3.51. The molecule has 0 saturated carbocycles. The number of rotatable bonds is 3. The first kappa shape index (κ1) is 12.6. The predicted octanol–water partition coefficient (Wildman–Crippen LogP) is 3.81. The van der Waals surface area contributed by atoms with Gasteiger partial charge in [-0.3, -0.25) is 0 Å². The molecule has 0 fully saturated rings. The normalized spacial score (nSPS) is 10.4. The first-order chi connectivity index (χ1) is 9.78. The number of nitrogens with zero attached hydrogens (tertiary/aromatic N) is 1. The first-order valence-corrected chi connectivity index (χ1v) is 6.55. The van der Waals surface area contributed by atoms with E-state index >= 15 is 0 Å². The van der Waals surface area contributed by atoms with Crippen LogP contribution in [0.15, 0.2) is 48.9 Å². The Morgan fingerprint density at radius 2 is 1.85 bits per heavy atom. The van der Waals surface area contributed by atoms with Crippen molar-refractivity contribution in [2.24, 2.45) is 0 Å². The van der Waals surface area contributed by atoms with Crippen LogP contribution in [0.2, 0.25) is 0 Å². The Balaban J connectivity index is 2.07. The molecule has 0 atom stereocenters. The zero-order valence-electron chi connectivity index (χ0n) is 10.9. The van der Waals surface area contributed by atoms with Crippen molar-refractivity contribution in [2.75, 3.05) is 7.11 Å². The fourth-order valence-electron chi connectivity index (χ4n) is 2.08. The van der Waals surface area contributed by atoms with Crippen molar-refractivity contribution >= 4 is 12.2 Å². The van der Waals surface area contributed by atoms with Gasteiger partial charge in [0, 0.05) is 17.3 Å². The molecule has 0 aliphatic rings. The molecular formula is C15H13N3OS. The van der Waals surface area contributed by atoms with Crippen molar-refractivity contribution < 1.29 is 4.74 Å². The van der Waals surface area contributed by atoms with Gasteiger partial charge in [-0.25, -0.2) is 4.98 Å². The molecule has 1 aromatic carbocycles. The van der Waals surface area contributed by atoms with Crippen molar-refractivity contribution in [2.45, 2.75) is 0 Å². The van der Waals surface area contributed by atoms with E-state index in [1.807, 2.05) is 42.6 Å². The monoisotopic (exact) mass is 283 g/mol. The van der Waals surface area contributed by atoms with Gasteiger partial charge in [0.2, 0.25) is 0 Å². The fourth-order valence-corrected chi connectivity index (χ4v) is 2.28. The van der Waals surface area contributed by atoms with Crippen LogP contribution in [0.4, 0.5) is 0 Å². The van der Waals surface area contributed by atoms with Gasteiger partial charge in [-0.05, 0) is 36.4 Å². The van der Waals surface area contributed by atoms with Gasteiger partial charge in [-0.15, -0.1) is 0 Å². The van der Waals surface area contributed by atoms with Gasteiger partial charge in [-0.1, -0.05) is 12.2 Å². The van der Waals surface area contributed by atoms with E-state index in [2.05, 4.69) is 15.0 Å². The summed E-state index contributed by atoms with van der Waals surface area (Å²) < 4.78 is 5.86. The summed E-state index contributed by atoms with van der Waals surface area (Å²) in [5, 5.41) is 0. The number of ether oxygens (including phenoxy) is 1. The van der Waals surface area contributed by atoms with Gasteiger partial charge in [0.25, 0.3) is 0 Å². The van der Waals surface area contributed by atoms with E-state index in [9.17, 15) is 0 Å². The molecule has 0 unspecified atom stereocenters. The number of nitrogens with one attached hydrogen (secondary N) is 2. The quantitative estimate of drug-likeness (QED) is 0.719. The number of hydrogen-bond donors (Lipinski definition) is 2. The number of hydrogen-bond acceptors (Lipinski definition) is 3. The van der Waals surface area contributed by atoms with Crippen LogP contribution in [0.5, 0.6) is 5.75 Å². The molecule has 2 N–H and O–H groups in total. The Kier molecular flexibility index (Phi) is 3.35. The van der Waals surface area contributed by atoms with Gasteiger partial charge >= 0.3 is 0 Å². The zero-order valence-corrected chi connectivity index (χ0v) is 11.7. The van der Waals surface area contributed by atoms with Crippen molar-refractivity contribution in [3.63, 3.8) is 0 Å². The SMILES string of the molecule is COc1ccc(-c2[nH]cnc2-c2cc[nH]c(=S)c2)cc1. The lowest BCUT2D eigenvalue weighted by Crippen LogP contribution is -1.86. The van der Waals surface area contributed by atoms with Crippen molar-refractivity contribution in [1.82, 2.24) is 15.0 Å². The predicted molar refractivity (Wildman–Crippen MR) is 81.2 cm³/mol. The summed E-state index contributed by atoms with van der Waals surface area (Å²) in [6.45, 7) is 0. The molecular weight excluding hydrogens is 270 g/mol. The standard InChI is InChI=1S/C15H13N3OS/c1-19-12-4-2-10(3-5-12)14-15(18-9-17-14)11-6-7-16-13(20)8-11/h2-9H,1H3,(H,16,20)(H,17,18). The highest BCUT2D eigenvalue weighted by Gasteiger charge is 2.10. The lowest BCUT2D eigenvalue weighted by Gasteiger charge is -2.05. The molecule has 0 radical (unpaired) electrons. The van der Waals surface area contributed by atoms with Crippen LogP contribution in [0.1, 0.15) is 0 Å². The molecule has 4 nitrogen and oxygen atoms in total. The largest absolute Gasteiger partial charge is 0.497 e. The van der Waals surface area contributed by atoms with E-state index in [0.29, 0.717) is 4.64 Å². The number of aromatic nitrogens is 3. The molecule has 3 rings (SSSR count). The molecule has 0 saturated heterocycles. The minimum atomic E-state index is 0.686. The van der Waals surface area contributed by atoms with Crippen LogP contribution >= 0.6 is 12.2 Å². The maximum atomic E-state index is 5.17. The lowest BCUT2D eigenvalue weighted by molar-refractivity contribution is 0.415. The third-order valence-corrected chi connectivity index (χ3v) is 3.30. The number of H-pyrrole nitrogens is 2. The van der Waals surface area contributed by atoms with E-state index in [1.165, 1.54) is 0 Å². The summed E-state index contributed by atoms with van der Waals surface area (Å²) in [5.74, 6) is 0.831. The van der Waals surface area contributed by atoms with Gasteiger partial charge in [0.05, 0.1) is 24.8 Å². The molecule has 2 heterocycles.